The first-order chi connectivity index (χ1) is 8.92. The van der Waals surface area contributed by atoms with Crippen LogP contribution in [0.5, 0.6) is 0 Å². The molecule has 2 aliphatic rings. The second kappa shape index (κ2) is 5.85. The van der Waals surface area contributed by atoms with Gasteiger partial charge in [-0.3, -0.25) is 0 Å². The molecule has 1 atom stereocenters. The van der Waals surface area contributed by atoms with E-state index >= 15 is 0 Å². The summed E-state index contributed by atoms with van der Waals surface area (Å²) < 4.78 is 11.3. The van der Waals surface area contributed by atoms with E-state index in [0.29, 0.717) is 5.92 Å². The van der Waals surface area contributed by atoms with Crippen LogP contribution in [0.3, 0.4) is 0 Å². The highest BCUT2D eigenvalue weighted by Crippen LogP contribution is 2.26. The van der Waals surface area contributed by atoms with Crippen LogP contribution in [0.25, 0.3) is 0 Å². The Balaban J connectivity index is 1.43. The first kappa shape index (κ1) is 12.2. The molecule has 1 aromatic rings. The van der Waals surface area contributed by atoms with Gasteiger partial charge >= 0.3 is 0 Å². The summed E-state index contributed by atoms with van der Waals surface area (Å²) in [6.45, 7) is 2.76. The van der Waals surface area contributed by atoms with E-state index in [9.17, 15) is 0 Å². The van der Waals surface area contributed by atoms with Crippen LogP contribution in [0, 0.1) is 0 Å². The SMILES string of the molecule is c1nc(CCCNC2CC2)oc1C1CCCOC1. The number of nitrogens with zero attached hydrogens (tertiary/aromatic N) is 1. The Morgan fingerprint density at radius 2 is 2.28 bits per heavy atom. The summed E-state index contributed by atoms with van der Waals surface area (Å²) in [6.07, 6.45) is 8.94. The minimum absolute atomic E-state index is 0.421. The number of oxazole rings is 1. The molecular formula is C14H22N2O2. The Morgan fingerprint density at radius 3 is 3.06 bits per heavy atom. The van der Waals surface area contributed by atoms with Gasteiger partial charge in [0.05, 0.1) is 12.8 Å². The predicted octanol–water partition coefficient (Wildman–Crippen LogP) is 2.25. The van der Waals surface area contributed by atoms with Crippen LogP contribution in [0.1, 0.15) is 49.7 Å². The fourth-order valence-electron chi connectivity index (χ4n) is 2.43. The molecule has 3 rings (SSSR count). The van der Waals surface area contributed by atoms with Crippen molar-refractivity contribution in [1.29, 1.82) is 0 Å². The third kappa shape index (κ3) is 3.33. The van der Waals surface area contributed by atoms with Crippen LogP contribution in [-0.4, -0.2) is 30.8 Å². The first-order valence-electron chi connectivity index (χ1n) is 7.17. The second-order valence-corrected chi connectivity index (χ2v) is 5.40. The Morgan fingerprint density at radius 1 is 1.33 bits per heavy atom. The van der Waals surface area contributed by atoms with Crippen molar-refractivity contribution in [3.8, 4) is 0 Å². The molecule has 1 N–H and O–H groups in total. The van der Waals surface area contributed by atoms with Crippen molar-refractivity contribution in [1.82, 2.24) is 10.3 Å². The summed E-state index contributed by atoms with van der Waals surface area (Å²) in [7, 11) is 0. The van der Waals surface area contributed by atoms with Crippen LogP contribution in [-0.2, 0) is 11.2 Å². The molecule has 4 heteroatoms. The van der Waals surface area contributed by atoms with Gasteiger partial charge in [0, 0.05) is 25.0 Å². The summed E-state index contributed by atoms with van der Waals surface area (Å²) in [5.74, 6) is 2.32. The second-order valence-electron chi connectivity index (χ2n) is 5.40. The van der Waals surface area contributed by atoms with Gasteiger partial charge in [0.25, 0.3) is 0 Å². The average molecular weight is 250 g/mol. The lowest BCUT2D eigenvalue weighted by molar-refractivity contribution is 0.0738. The van der Waals surface area contributed by atoms with Crippen molar-refractivity contribution in [3.05, 3.63) is 17.8 Å². The van der Waals surface area contributed by atoms with Gasteiger partial charge in [0.1, 0.15) is 5.76 Å². The standard InChI is InChI=1S/C14H22N2O2/c1(7-15-12-5-6-12)4-14-16-9-13(18-14)11-3-2-8-17-10-11/h9,11-12,15H,1-8,10H2. The number of rotatable bonds is 6. The highest BCUT2D eigenvalue weighted by atomic mass is 16.5. The number of aryl methyl sites for hydroxylation is 1. The van der Waals surface area contributed by atoms with E-state index in [0.717, 1.165) is 63.1 Å². The molecule has 1 saturated heterocycles. The molecule has 1 saturated carbocycles. The first-order valence-corrected chi connectivity index (χ1v) is 7.17. The molecule has 0 radical (unpaired) electrons. The summed E-state index contributed by atoms with van der Waals surface area (Å²) in [5, 5.41) is 3.51. The van der Waals surface area contributed by atoms with Crippen molar-refractivity contribution >= 4 is 0 Å². The molecule has 2 heterocycles. The molecule has 0 amide bonds. The summed E-state index contributed by atoms with van der Waals surface area (Å²) in [6, 6.07) is 0.796. The number of hydrogen-bond donors (Lipinski definition) is 1. The van der Waals surface area contributed by atoms with Crippen molar-refractivity contribution in [2.24, 2.45) is 0 Å². The Labute approximate surface area is 108 Å². The van der Waals surface area contributed by atoms with Crippen molar-refractivity contribution in [3.63, 3.8) is 0 Å². The highest BCUT2D eigenvalue weighted by Gasteiger charge is 2.21. The molecule has 1 aliphatic carbocycles. The van der Waals surface area contributed by atoms with E-state index in [2.05, 4.69) is 10.3 Å². The maximum atomic E-state index is 5.83. The van der Waals surface area contributed by atoms with E-state index in [-0.39, 0.29) is 0 Å². The van der Waals surface area contributed by atoms with E-state index in [1.807, 2.05) is 6.20 Å². The molecular weight excluding hydrogens is 228 g/mol. The summed E-state index contributed by atoms with van der Waals surface area (Å²) in [5.41, 5.74) is 0. The van der Waals surface area contributed by atoms with Crippen LogP contribution in [0.15, 0.2) is 10.6 Å². The van der Waals surface area contributed by atoms with Crippen molar-refractivity contribution in [2.75, 3.05) is 19.8 Å². The van der Waals surface area contributed by atoms with Crippen LogP contribution < -0.4 is 5.32 Å². The topological polar surface area (TPSA) is 47.3 Å². The van der Waals surface area contributed by atoms with E-state index < -0.39 is 0 Å². The number of hydrogen-bond acceptors (Lipinski definition) is 4. The van der Waals surface area contributed by atoms with Gasteiger partial charge < -0.3 is 14.5 Å². The molecule has 0 spiro atoms. The van der Waals surface area contributed by atoms with Gasteiger partial charge in [-0.2, -0.15) is 0 Å². The molecule has 4 nitrogen and oxygen atoms in total. The lowest BCUT2D eigenvalue weighted by Crippen LogP contribution is -2.17. The van der Waals surface area contributed by atoms with Gasteiger partial charge in [0.2, 0.25) is 0 Å². The summed E-state index contributed by atoms with van der Waals surface area (Å²) >= 11 is 0. The normalized spacial score (nSPS) is 24.3. The predicted molar refractivity (Wildman–Crippen MR) is 68.6 cm³/mol. The van der Waals surface area contributed by atoms with Gasteiger partial charge in [-0.05, 0) is 38.6 Å². The van der Waals surface area contributed by atoms with Crippen LogP contribution in [0.2, 0.25) is 0 Å². The van der Waals surface area contributed by atoms with E-state index in [4.69, 9.17) is 9.15 Å². The van der Waals surface area contributed by atoms with E-state index in [1.165, 1.54) is 12.8 Å². The minimum Gasteiger partial charge on any atom is -0.445 e. The zero-order chi connectivity index (χ0) is 12.2. The van der Waals surface area contributed by atoms with Gasteiger partial charge in [-0.25, -0.2) is 4.98 Å². The minimum atomic E-state index is 0.421. The van der Waals surface area contributed by atoms with Crippen LogP contribution in [0.4, 0.5) is 0 Å². The Hall–Kier alpha value is -0.870. The molecule has 0 bridgehead atoms. The number of aromatic nitrogens is 1. The molecule has 100 valence electrons. The maximum absolute atomic E-state index is 5.83. The lowest BCUT2D eigenvalue weighted by atomic mass is 10.0. The summed E-state index contributed by atoms with van der Waals surface area (Å²) in [4.78, 5) is 4.37. The molecule has 0 aromatic carbocycles. The van der Waals surface area contributed by atoms with Crippen molar-refractivity contribution in [2.45, 2.75) is 50.5 Å². The van der Waals surface area contributed by atoms with Gasteiger partial charge in [-0.1, -0.05) is 0 Å². The molecule has 1 unspecified atom stereocenters. The maximum Gasteiger partial charge on any atom is 0.194 e. The fourth-order valence-corrected chi connectivity index (χ4v) is 2.43. The quantitative estimate of drug-likeness (QED) is 0.787. The smallest absolute Gasteiger partial charge is 0.194 e. The number of ether oxygens (including phenoxy) is 1. The molecule has 1 aliphatic heterocycles. The lowest BCUT2D eigenvalue weighted by Gasteiger charge is -2.19. The molecule has 1 aromatic heterocycles. The zero-order valence-electron chi connectivity index (χ0n) is 10.9. The van der Waals surface area contributed by atoms with Gasteiger partial charge in [0.15, 0.2) is 5.89 Å². The third-order valence-electron chi connectivity index (χ3n) is 3.71. The largest absolute Gasteiger partial charge is 0.445 e. The Kier molecular flexibility index (Phi) is 3.96. The Bertz CT molecular complexity index is 368. The number of nitrogens with one attached hydrogen (secondary N) is 1. The van der Waals surface area contributed by atoms with Crippen molar-refractivity contribution < 1.29 is 9.15 Å². The van der Waals surface area contributed by atoms with E-state index in [1.54, 1.807) is 0 Å². The van der Waals surface area contributed by atoms with Crippen LogP contribution >= 0.6 is 0 Å². The highest BCUT2D eigenvalue weighted by molar-refractivity contribution is 5.03. The average Bonchev–Trinajstić information content (AvgIpc) is 3.12. The van der Waals surface area contributed by atoms with Gasteiger partial charge in [-0.15, -0.1) is 0 Å². The molecule has 18 heavy (non-hydrogen) atoms. The fraction of sp³-hybridized carbons (Fsp3) is 0.786. The third-order valence-corrected chi connectivity index (χ3v) is 3.71. The zero-order valence-corrected chi connectivity index (χ0v) is 10.9. The monoisotopic (exact) mass is 250 g/mol. The molecule has 2 fully saturated rings.